The van der Waals surface area contributed by atoms with E-state index >= 15 is 0 Å². The van der Waals surface area contributed by atoms with Crippen LogP contribution in [0.1, 0.15) is 37.0 Å². The topological polar surface area (TPSA) is 70.7 Å². The van der Waals surface area contributed by atoms with Gasteiger partial charge in [-0.2, -0.15) is 0 Å². The minimum atomic E-state index is -0.323. The fraction of sp³-hybridized carbons (Fsp3) is 0.286. The Morgan fingerprint density at radius 3 is 2.45 bits per heavy atom. The van der Waals surface area contributed by atoms with Crippen LogP contribution in [0.2, 0.25) is 0 Å². The molecule has 0 unspecified atom stereocenters. The molecule has 29 heavy (non-hydrogen) atoms. The van der Waals surface area contributed by atoms with Crippen molar-refractivity contribution >= 4 is 56.4 Å². The number of amides is 2. The lowest BCUT2D eigenvalue weighted by molar-refractivity contribution is -0.116. The first kappa shape index (κ1) is 22.8. The van der Waals surface area contributed by atoms with Crippen molar-refractivity contribution in [2.45, 2.75) is 26.7 Å². The van der Waals surface area contributed by atoms with E-state index in [1.54, 1.807) is 49.5 Å². The summed E-state index contributed by atoms with van der Waals surface area (Å²) >= 11 is 8.66. The number of ether oxygens (including phenoxy) is 1. The van der Waals surface area contributed by atoms with Crippen LogP contribution in [0.4, 0.5) is 11.4 Å². The van der Waals surface area contributed by atoms with Gasteiger partial charge >= 0.3 is 0 Å². The second kappa shape index (κ2) is 10.9. The standard InChI is InChI=1S/C21H24BrN3O3S/c1-4-5-12-28-19-11-6-15(13-18(19)22)20(27)24-21(29)23-16-7-9-17(10-8-16)25(3)14(2)26/h6-11,13H,4-5,12H2,1-3H3,(H2,23,24,27,29). The van der Waals surface area contributed by atoms with Crippen molar-refractivity contribution in [1.82, 2.24) is 5.32 Å². The molecule has 0 aliphatic heterocycles. The molecule has 154 valence electrons. The summed E-state index contributed by atoms with van der Waals surface area (Å²) < 4.78 is 6.39. The molecule has 0 spiro atoms. The number of anilines is 2. The van der Waals surface area contributed by atoms with E-state index in [0.717, 1.165) is 18.5 Å². The molecular weight excluding hydrogens is 454 g/mol. The average Bonchev–Trinajstić information content (AvgIpc) is 2.69. The molecule has 0 saturated carbocycles. The molecule has 0 aliphatic rings. The summed E-state index contributed by atoms with van der Waals surface area (Å²) in [6.07, 6.45) is 2.03. The van der Waals surface area contributed by atoms with Gasteiger partial charge in [0.1, 0.15) is 5.75 Å². The van der Waals surface area contributed by atoms with Gasteiger partial charge in [0.15, 0.2) is 5.11 Å². The second-order valence-electron chi connectivity index (χ2n) is 6.38. The van der Waals surface area contributed by atoms with E-state index in [1.807, 2.05) is 0 Å². The molecule has 0 bridgehead atoms. The minimum absolute atomic E-state index is 0.0542. The summed E-state index contributed by atoms with van der Waals surface area (Å²) in [5, 5.41) is 5.79. The number of nitrogens with zero attached hydrogens (tertiary/aromatic N) is 1. The second-order valence-corrected chi connectivity index (χ2v) is 7.64. The van der Waals surface area contributed by atoms with Crippen LogP contribution in [0.5, 0.6) is 5.75 Å². The van der Waals surface area contributed by atoms with Crippen LogP contribution in [0, 0.1) is 0 Å². The molecule has 0 atom stereocenters. The lowest BCUT2D eigenvalue weighted by atomic mass is 10.2. The molecule has 0 fully saturated rings. The van der Waals surface area contributed by atoms with Gasteiger partial charge < -0.3 is 15.0 Å². The Bertz CT molecular complexity index is 887. The van der Waals surface area contributed by atoms with E-state index in [1.165, 1.54) is 11.8 Å². The van der Waals surface area contributed by atoms with Gasteiger partial charge in [0.2, 0.25) is 5.91 Å². The highest BCUT2D eigenvalue weighted by Crippen LogP contribution is 2.26. The van der Waals surface area contributed by atoms with E-state index in [4.69, 9.17) is 17.0 Å². The molecule has 0 aromatic heterocycles. The predicted molar refractivity (Wildman–Crippen MR) is 124 cm³/mol. The van der Waals surface area contributed by atoms with Crippen LogP contribution in [0.25, 0.3) is 0 Å². The molecule has 6 nitrogen and oxygen atoms in total. The van der Waals surface area contributed by atoms with E-state index < -0.39 is 0 Å². The van der Waals surface area contributed by atoms with Crippen LogP contribution in [0.15, 0.2) is 46.9 Å². The summed E-state index contributed by atoms with van der Waals surface area (Å²) in [5.74, 6) is 0.323. The molecule has 2 aromatic carbocycles. The number of hydrogen-bond acceptors (Lipinski definition) is 4. The van der Waals surface area contributed by atoms with Crippen molar-refractivity contribution < 1.29 is 14.3 Å². The van der Waals surface area contributed by atoms with Crippen LogP contribution < -0.4 is 20.3 Å². The van der Waals surface area contributed by atoms with Gasteiger partial charge in [-0.3, -0.25) is 14.9 Å². The Hall–Kier alpha value is -2.45. The molecule has 2 aromatic rings. The van der Waals surface area contributed by atoms with Gasteiger partial charge in [0.25, 0.3) is 5.91 Å². The summed E-state index contributed by atoms with van der Waals surface area (Å²) in [7, 11) is 1.70. The first-order valence-corrected chi connectivity index (χ1v) is 10.4. The van der Waals surface area contributed by atoms with Gasteiger partial charge in [-0.1, -0.05) is 13.3 Å². The number of nitrogens with one attached hydrogen (secondary N) is 2. The first-order valence-electron chi connectivity index (χ1n) is 9.21. The van der Waals surface area contributed by atoms with Crippen molar-refractivity contribution in [3.63, 3.8) is 0 Å². The number of thiocarbonyl (C=S) groups is 1. The number of hydrogen-bond donors (Lipinski definition) is 2. The lowest BCUT2D eigenvalue weighted by Gasteiger charge is -2.16. The number of carbonyl (C=O) groups is 2. The van der Waals surface area contributed by atoms with E-state index in [-0.39, 0.29) is 16.9 Å². The highest BCUT2D eigenvalue weighted by atomic mass is 79.9. The molecule has 2 N–H and O–H groups in total. The van der Waals surface area contributed by atoms with Crippen LogP contribution in [-0.2, 0) is 4.79 Å². The Labute approximate surface area is 184 Å². The highest BCUT2D eigenvalue weighted by molar-refractivity contribution is 9.10. The summed E-state index contributed by atoms with van der Waals surface area (Å²) in [5.41, 5.74) is 1.93. The van der Waals surface area contributed by atoms with Crippen LogP contribution >= 0.6 is 28.1 Å². The monoisotopic (exact) mass is 477 g/mol. The van der Waals surface area contributed by atoms with E-state index in [0.29, 0.717) is 28.1 Å². The number of benzene rings is 2. The quantitative estimate of drug-likeness (QED) is 0.445. The third-order valence-electron chi connectivity index (χ3n) is 4.16. The van der Waals surface area contributed by atoms with Gasteiger partial charge in [0.05, 0.1) is 11.1 Å². The van der Waals surface area contributed by atoms with Crippen molar-refractivity contribution in [2.24, 2.45) is 0 Å². The number of carbonyl (C=O) groups excluding carboxylic acids is 2. The first-order chi connectivity index (χ1) is 13.8. The molecule has 0 radical (unpaired) electrons. The molecule has 2 rings (SSSR count). The Balaban J connectivity index is 1.94. The van der Waals surface area contributed by atoms with Crippen molar-refractivity contribution in [1.29, 1.82) is 0 Å². The molecule has 2 amide bonds. The van der Waals surface area contributed by atoms with Crippen LogP contribution in [0.3, 0.4) is 0 Å². The molecule has 0 heterocycles. The van der Waals surface area contributed by atoms with Crippen molar-refractivity contribution in [3.8, 4) is 5.75 Å². The zero-order chi connectivity index (χ0) is 21.4. The third kappa shape index (κ3) is 6.83. The van der Waals surface area contributed by atoms with Crippen molar-refractivity contribution in [3.05, 3.63) is 52.5 Å². The fourth-order valence-corrected chi connectivity index (χ4v) is 3.08. The zero-order valence-corrected chi connectivity index (χ0v) is 19.0. The van der Waals surface area contributed by atoms with Gasteiger partial charge in [-0.15, -0.1) is 0 Å². The summed E-state index contributed by atoms with van der Waals surface area (Å²) in [6, 6.07) is 12.3. The maximum Gasteiger partial charge on any atom is 0.257 e. The molecule has 0 aliphatic carbocycles. The van der Waals surface area contributed by atoms with E-state index in [2.05, 4.69) is 33.5 Å². The number of halogens is 1. The normalized spacial score (nSPS) is 10.2. The molecule has 8 heteroatoms. The highest BCUT2D eigenvalue weighted by Gasteiger charge is 2.11. The van der Waals surface area contributed by atoms with Crippen LogP contribution in [-0.4, -0.2) is 30.6 Å². The van der Waals surface area contributed by atoms with E-state index in [9.17, 15) is 9.59 Å². The van der Waals surface area contributed by atoms with Gasteiger partial charge in [0, 0.05) is 30.9 Å². The fourth-order valence-electron chi connectivity index (χ4n) is 2.37. The van der Waals surface area contributed by atoms with Gasteiger partial charge in [-0.05, 0) is 77.0 Å². The lowest BCUT2D eigenvalue weighted by Crippen LogP contribution is -2.34. The average molecular weight is 478 g/mol. The zero-order valence-electron chi connectivity index (χ0n) is 16.6. The Kier molecular flexibility index (Phi) is 8.60. The van der Waals surface area contributed by atoms with Crippen molar-refractivity contribution in [2.75, 3.05) is 23.9 Å². The third-order valence-corrected chi connectivity index (χ3v) is 4.99. The SMILES string of the molecule is CCCCOc1ccc(C(=O)NC(=S)Nc2ccc(N(C)C(C)=O)cc2)cc1Br. The molecular formula is C21H24BrN3O3S. The maximum atomic E-state index is 12.4. The smallest absolute Gasteiger partial charge is 0.257 e. The maximum absolute atomic E-state index is 12.4. The Morgan fingerprint density at radius 2 is 1.86 bits per heavy atom. The summed E-state index contributed by atoms with van der Waals surface area (Å²) in [4.78, 5) is 25.4. The van der Waals surface area contributed by atoms with Gasteiger partial charge in [-0.25, -0.2) is 0 Å². The molecule has 0 saturated heterocycles. The minimum Gasteiger partial charge on any atom is -0.492 e. The summed E-state index contributed by atoms with van der Waals surface area (Å²) in [6.45, 7) is 4.23. The number of unbranched alkanes of at least 4 members (excludes halogenated alkanes) is 1. The predicted octanol–water partition coefficient (Wildman–Crippen LogP) is 4.74. The Morgan fingerprint density at radius 1 is 1.17 bits per heavy atom. The largest absolute Gasteiger partial charge is 0.492 e. The number of rotatable bonds is 7.